The van der Waals surface area contributed by atoms with Crippen molar-refractivity contribution in [1.29, 1.82) is 0 Å². The number of anilines is 1. The van der Waals surface area contributed by atoms with Crippen molar-refractivity contribution in [3.63, 3.8) is 0 Å². The lowest BCUT2D eigenvalue weighted by Crippen LogP contribution is -2.43. The third-order valence-electron chi connectivity index (χ3n) is 2.38. The zero-order chi connectivity index (χ0) is 13.9. The number of amides is 2. The van der Waals surface area contributed by atoms with Crippen LogP contribution in [0.2, 0.25) is 0 Å². The van der Waals surface area contributed by atoms with Crippen LogP contribution in [0.25, 0.3) is 0 Å². The molecule has 0 aromatic heterocycles. The molecule has 0 unspecified atom stereocenters. The van der Waals surface area contributed by atoms with Crippen LogP contribution < -0.4 is 10.6 Å². The molecule has 4 heteroatoms. The average molecular weight is 248 g/mol. The Morgan fingerprint density at radius 2 is 1.78 bits per heavy atom. The van der Waals surface area contributed by atoms with E-state index in [9.17, 15) is 9.59 Å². The maximum absolute atomic E-state index is 11.8. The molecule has 18 heavy (non-hydrogen) atoms. The summed E-state index contributed by atoms with van der Waals surface area (Å²) in [6, 6.07) is 5.00. The van der Waals surface area contributed by atoms with Gasteiger partial charge >= 0.3 is 6.03 Å². The molecule has 0 saturated heterocycles. The highest BCUT2D eigenvalue weighted by Crippen LogP contribution is 2.17. The number of carbonyl (C=O) groups excluding carboxylic acids is 2. The minimum atomic E-state index is -0.295. The smallest absolute Gasteiger partial charge is 0.319 e. The van der Waals surface area contributed by atoms with Crippen LogP contribution in [0.4, 0.5) is 10.5 Å². The van der Waals surface area contributed by atoms with Crippen molar-refractivity contribution in [3.8, 4) is 0 Å². The topological polar surface area (TPSA) is 58.2 Å². The normalized spacial score (nSPS) is 10.9. The second-order valence-corrected chi connectivity index (χ2v) is 5.42. The standard InChI is InChI=1S/C14H20N2O2/c1-9-6-7-11(10(2)17)8-12(9)15-13(18)16-14(3,4)5/h6-8H,1-5H3,(H2,15,16,18). The van der Waals surface area contributed by atoms with E-state index in [2.05, 4.69) is 10.6 Å². The molecule has 0 heterocycles. The van der Waals surface area contributed by atoms with E-state index in [4.69, 9.17) is 0 Å². The van der Waals surface area contributed by atoms with Gasteiger partial charge in [-0.2, -0.15) is 0 Å². The van der Waals surface area contributed by atoms with Crippen LogP contribution in [0.1, 0.15) is 43.6 Å². The van der Waals surface area contributed by atoms with Crippen molar-refractivity contribution < 1.29 is 9.59 Å². The van der Waals surface area contributed by atoms with Crippen LogP contribution in [-0.4, -0.2) is 17.4 Å². The van der Waals surface area contributed by atoms with E-state index in [1.807, 2.05) is 33.8 Å². The van der Waals surface area contributed by atoms with Crippen LogP contribution >= 0.6 is 0 Å². The molecule has 1 aromatic rings. The fourth-order valence-electron chi connectivity index (χ4n) is 1.47. The monoisotopic (exact) mass is 248 g/mol. The Balaban J connectivity index is 2.87. The summed E-state index contributed by atoms with van der Waals surface area (Å²) in [6.07, 6.45) is 0. The quantitative estimate of drug-likeness (QED) is 0.790. The van der Waals surface area contributed by atoms with Gasteiger partial charge in [0.25, 0.3) is 0 Å². The summed E-state index contributed by atoms with van der Waals surface area (Å²) >= 11 is 0. The number of ketones is 1. The Morgan fingerprint density at radius 1 is 1.17 bits per heavy atom. The summed E-state index contributed by atoms with van der Waals surface area (Å²) in [4.78, 5) is 23.0. The van der Waals surface area contributed by atoms with Crippen molar-refractivity contribution >= 4 is 17.5 Å². The zero-order valence-electron chi connectivity index (χ0n) is 11.5. The lowest BCUT2D eigenvalue weighted by atomic mass is 10.1. The maximum atomic E-state index is 11.8. The average Bonchev–Trinajstić information content (AvgIpc) is 2.18. The molecule has 2 amide bonds. The summed E-state index contributed by atoms with van der Waals surface area (Å²) in [5.41, 5.74) is 1.87. The van der Waals surface area contributed by atoms with Crippen LogP contribution in [0.3, 0.4) is 0 Å². The summed E-state index contributed by atoms with van der Waals surface area (Å²) in [5, 5.41) is 5.57. The van der Waals surface area contributed by atoms with Gasteiger partial charge in [0.05, 0.1) is 0 Å². The van der Waals surface area contributed by atoms with E-state index in [0.29, 0.717) is 11.3 Å². The molecule has 0 fully saturated rings. The number of benzene rings is 1. The molecule has 0 atom stereocenters. The Kier molecular flexibility index (Phi) is 4.11. The Morgan fingerprint density at radius 3 is 2.28 bits per heavy atom. The third kappa shape index (κ3) is 4.20. The minimum absolute atomic E-state index is 0.0192. The SMILES string of the molecule is CC(=O)c1ccc(C)c(NC(=O)NC(C)(C)C)c1. The van der Waals surface area contributed by atoms with Crippen LogP contribution in [-0.2, 0) is 0 Å². The van der Waals surface area contributed by atoms with E-state index < -0.39 is 0 Å². The molecule has 2 N–H and O–H groups in total. The van der Waals surface area contributed by atoms with Gasteiger partial charge in [-0.25, -0.2) is 4.79 Å². The van der Waals surface area contributed by atoms with Crippen molar-refractivity contribution in [2.45, 2.75) is 40.2 Å². The molecule has 4 nitrogen and oxygen atoms in total. The van der Waals surface area contributed by atoms with Crippen molar-refractivity contribution in [1.82, 2.24) is 5.32 Å². The van der Waals surface area contributed by atoms with Crippen molar-refractivity contribution in [2.75, 3.05) is 5.32 Å². The predicted molar refractivity (Wildman–Crippen MR) is 73.1 cm³/mol. The van der Waals surface area contributed by atoms with Crippen molar-refractivity contribution in [3.05, 3.63) is 29.3 Å². The predicted octanol–water partition coefficient (Wildman–Crippen LogP) is 3.12. The fraction of sp³-hybridized carbons (Fsp3) is 0.429. The van der Waals surface area contributed by atoms with E-state index >= 15 is 0 Å². The minimum Gasteiger partial charge on any atom is -0.333 e. The first-order chi connectivity index (χ1) is 8.19. The first kappa shape index (κ1) is 14.2. The molecule has 0 spiro atoms. The van der Waals surface area contributed by atoms with E-state index in [-0.39, 0.29) is 17.4 Å². The van der Waals surface area contributed by atoms with Gasteiger partial charge in [-0.15, -0.1) is 0 Å². The third-order valence-corrected chi connectivity index (χ3v) is 2.38. The molecule has 1 rings (SSSR count). The molecule has 1 aromatic carbocycles. The van der Waals surface area contributed by atoms with Crippen LogP contribution in [0.5, 0.6) is 0 Å². The van der Waals surface area contributed by atoms with E-state index in [1.54, 1.807) is 12.1 Å². The van der Waals surface area contributed by atoms with Crippen LogP contribution in [0, 0.1) is 6.92 Å². The summed E-state index contributed by atoms with van der Waals surface area (Å²) < 4.78 is 0. The Bertz CT molecular complexity index is 473. The number of hydrogen-bond acceptors (Lipinski definition) is 2. The summed E-state index contributed by atoms with van der Waals surface area (Å²) in [7, 11) is 0. The number of aryl methyl sites for hydroxylation is 1. The molecule has 0 bridgehead atoms. The van der Waals surface area contributed by atoms with Gasteiger partial charge in [0.2, 0.25) is 0 Å². The zero-order valence-corrected chi connectivity index (χ0v) is 11.5. The largest absolute Gasteiger partial charge is 0.333 e. The number of hydrogen-bond donors (Lipinski definition) is 2. The lowest BCUT2D eigenvalue weighted by Gasteiger charge is -2.21. The van der Waals surface area contributed by atoms with Gasteiger partial charge in [-0.05, 0) is 46.2 Å². The highest BCUT2D eigenvalue weighted by molar-refractivity contribution is 5.97. The summed E-state index contributed by atoms with van der Waals surface area (Å²) in [6.45, 7) is 9.11. The summed E-state index contributed by atoms with van der Waals surface area (Å²) in [5.74, 6) is -0.0192. The first-order valence-corrected chi connectivity index (χ1v) is 5.90. The molecule has 0 radical (unpaired) electrons. The van der Waals surface area contributed by atoms with Gasteiger partial charge in [0.1, 0.15) is 0 Å². The first-order valence-electron chi connectivity index (χ1n) is 5.90. The van der Waals surface area contributed by atoms with Gasteiger partial charge in [0.15, 0.2) is 5.78 Å². The second-order valence-electron chi connectivity index (χ2n) is 5.42. The maximum Gasteiger partial charge on any atom is 0.319 e. The second kappa shape index (κ2) is 5.21. The highest BCUT2D eigenvalue weighted by Gasteiger charge is 2.14. The van der Waals surface area contributed by atoms with Gasteiger partial charge < -0.3 is 10.6 Å². The van der Waals surface area contributed by atoms with Gasteiger partial charge in [0, 0.05) is 16.8 Å². The molecule has 0 saturated carbocycles. The molecule has 0 aliphatic rings. The van der Waals surface area contributed by atoms with E-state index in [1.165, 1.54) is 6.92 Å². The molecular formula is C14H20N2O2. The van der Waals surface area contributed by atoms with E-state index in [0.717, 1.165) is 5.56 Å². The fourth-order valence-corrected chi connectivity index (χ4v) is 1.47. The molecule has 0 aliphatic heterocycles. The lowest BCUT2D eigenvalue weighted by molar-refractivity contribution is 0.101. The van der Waals surface area contributed by atoms with Gasteiger partial charge in [-0.1, -0.05) is 12.1 Å². The highest BCUT2D eigenvalue weighted by atomic mass is 16.2. The number of rotatable bonds is 2. The number of nitrogens with one attached hydrogen (secondary N) is 2. The molecule has 0 aliphatic carbocycles. The van der Waals surface area contributed by atoms with Crippen LogP contribution in [0.15, 0.2) is 18.2 Å². The Labute approximate surface area is 108 Å². The number of urea groups is 1. The molecular weight excluding hydrogens is 228 g/mol. The Hall–Kier alpha value is -1.84. The molecule has 98 valence electrons. The van der Waals surface area contributed by atoms with Gasteiger partial charge in [-0.3, -0.25) is 4.79 Å². The van der Waals surface area contributed by atoms with Crippen molar-refractivity contribution in [2.24, 2.45) is 0 Å². The number of carbonyl (C=O) groups is 2. The number of Topliss-reactive ketones (excluding diaryl/α,β-unsaturated/α-hetero) is 1.